The van der Waals surface area contributed by atoms with Crippen LogP contribution in [0.5, 0.6) is 0 Å². The van der Waals surface area contributed by atoms with Crippen molar-refractivity contribution in [3.63, 3.8) is 0 Å². The van der Waals surface area contributed by atoms with Gasteiger partial charge in [-0.05, 0) is 71.3 Å². The molecule has 2 aromatic rings. The number of hydrogen-bond acceptors (Lipinski definition) is 3. The molecule has 1 heterocycles. The Balaban J connectivity index is 1.66. The average Bonchev–Trinajstić information content (AvgIpc) is 2.89. The van der Waals surface area contributed by atoms with Gasteiger partial charge in [0.25, 0.3) is 5.91 Å². The van der Waals surface area contributed by atoms with Gasteiger partial charge in [0.05, 0.1) is 16.8 Å². The largest absolute Gasteiger partial charge is 0.348 e. The third-order valence-corrected chi connectivity index (χ3v) is 7.43. The molecule has 1 aliphatic heterocycles. The molecule has 0 aromatic heterocycles. The molecule has 4 rings (SSSR count). The Morgan fingerprint density at radius 2 is 1.74 bits per heavy atom. The first-order valence-corrected chi connectivity index (χ1v) is 12.7. The van der Waals surface area contributed by atoms with E-state index in [1.165, 1.54) is 25.7 Å². The van der Waals surface area contributed by atoms with Gasteiger partial charge in [0.15, 0.2) is 0 Å². The van der Waals surface area contributed by atoms with E-state index in [9.17, 15) is 4.79 Å². The van der Waals surface area contributed by atoms with Crippen LogP contribution in [-0.2, 0) is 4.79 Å². The standard InChI is InChI=1S/C24H26Cl2IN3O/c1-15-22(24(31)28-19-6-4-2-3-5-7-19)29-30(21-13-10-17(25)14-20(21)26)23(15)16-8-11-18(27)12-9-16/h8-15,19,23H,2-7H2,1H3,(H,28,31)/t15-,23-/m1/s1. The lowest BCUT2D eigenvalue weighted by Crippen LogP contribution is -2.40. The van der Waals surface area contributed by atoms with E-state index in [1.807, 2.05) is 11.1 Å². The minimum Gasteiger partial charge on any atom is -0.348 e. The molecule has 1 saturated carbocycles. The van der Waals surface area contributed by atoms with Gasteiger partial charge in [0.2, 0.25) is 0 Å². The highest BCUT2D eigenvalue weighted by atomic mass is 127. The second kappa shape index (κ2) is 10.1. The van der Waals surface area contributed by atoms with E-state index in [2.05, 4.69) is 59.1 Å². The Bertz CT molecular complexity index is 971. The number of amides is 1. The van der Waals surface area contributed by atoms with Crippen molar-refractivity contribution in [2.45, 2.75) is 57.5 Å². The molecule has 0 saturated heterocycles. The second-order valence-corrected chi connectivity index (χ2v) is 10.5. The highest BCUT2D eigenvalue weighted by Gasteiger charge is 2.40. The van der Waals surface area contributed by atoms with Gasteiger partial charge in [-0.15, -0.1) is 0 Å². The molecule has 1 fully saturated rings. The maximum absolute atomic E-state index is 13.3. The fourth-order valence-corrected chi connectivity index (χ4v) is 5.38. The Labute approximate surface area is 207 Å². The molecule has 2 aromatic carbocycles. The maximum Gasteiger partial charge on any atom is 0.268 e. The Kier molecular flexibility index (Phi) is 7.44. The molecule has 31 heavy (non-hydrogen) atoms. The summed E-state index contributed by atoms with van der Waals surface area (Å²) < 4.78 is 1.16. The Morgan fingerprint density at radius 1 is 1.06 bits per heavy atom. The van der Waals surface area contributed by atoms with E-state index in [4.69, 9.17) is 28.3 Å². The number of carbonyl (C=O) groups excluding carboxylic acids is 1. The fraction of sp³-hybridized carbons (Fsp3) is 0.417. The van der Waals surface area contributed by atoms with Crippen LogP contribution in [0.25, 0.3) is 0 Å². The molecule has 0 radical (unpaired) electrons. The number of nitrogens with zero attached hydrogens (tertiary/aromatic N) is 2. The molecule has 4 nitrogen and oxygen atoms in total. The smallest absolute Gasteiger partial charge is 0.268 e. The van der Waals surface area contributed by atoms with E-state index >= 15 is 0 Å². The highest BCUT2D eigenvalue weighted by molar-refractivity contribution is 14.1. The van der Waals surface area contributed by atoms with Gasteiger partial charge in [0, 0.05) is 20.6 Å². The lowest BCUT2D eigenvalue weighted by molar-refractivity contribution is -0.115. The van der Waals surface area contributed by atoms with Gasteiger partial charge in [-0.2, -0.15) is 5.10 Å². The number of anilines is 1. The van der Waals surface area contributed by atoms with Crippen LogP contribution < -0.4 is 10.3 Å². The number of benzene rings is 2. The zero-order valence-corrected chi connectivity index (χ0v) is 21.1. The van der Waals surface area contributed by atoms with Crippen LogP contribution in [0.4, 0.5) is 5.69 Å². The molecule has 1 aliphatic carbocycles. The van der Waals surface area contributed by atoms with Gasteiger partial charge < -0.3 is 5.32 Å². The van der Waals surface area contributed by atoms with Crippen LogP contribution in [-0.4, -0.2) is 17.7 Å². The van der Waals surface area contributed by atoms with Crippen LogP contribution in [0.3, 0.4) is 0 Å². The number of rotatable bonds is 4. The van der Waals surface area contributed by atoms with Crippen molar-refractivity contribution in [1.29, 1.82) is 0 Å². The number of halogens is 3. The zero-order valence-electron chi connectivity index (χ0n) is 17.5. The van der Waals surface area contributed by atoms with Gasteiger partial charge >= 0.3 is 0 Å². The van der Waals surface area contributed by atoms with E-state index in [0.29, 0.717) is 15.8 Å². The average molecular weight is 570 g/mol. The molecule has 1 N–H and O–H groups in total. The minimum absolute atomic E-state index is 0.0671. The minimum atomic E-state index is -0.120. The predicted molar refractivity (Wildman–Crippen MR) is 137 cm³/mol. The quantitative estimate of drug-likeness (QED) is 0.318. The Morgan fingerprint density at radius 3 is 2.39 bits per heavy atom. The molecular weight excluding hydrogens is 544 g/mol. The van der Waals surface area contributed by atoms with Crippen molar-refractivity contribution in [1.82, 2.24) is 5.32 Å². The molecule has 7 heteroatoms. The summed E-state index contributed by atoms with van der Waals surface area (Å²) >= 11 is 15.0. The summed E-state index contributed by atoms with van der Waals surface area (Å²) in [5, 5.41) is 11.0. The first kappa shape index (κ1) is 22.9. The van der Waals surface area contributed by atoms with Crippen LogP contribution >= 0.6 is 45.8 Å². The Hall–Kier alpha value is -1.31. The first-order chi connectivity index (χ1) is 14.9. The molecule has 0 unspecified atom stereocenters. The normalized spacial score (nSPS) is 22.2. The van der Waals surface area contributed by atoms with Crippen molar-refractivity contribution in [3.05, 3.63) is 61.6 Å². The third-order valence-electron chi connectivity index (χ3n) is 6.17. The highest BCUT2D eigenvalue weighted by Crippen LogP contribution is 2.42. The van der Waals surface area contributed by atoms with Crippen LogP contribution in [0.15, 0.2) is 47.6 Å². The number of carbonyl (C=O) groups is 1. The monoisotopic (exact) mass is 569 g/mol. The van der Waals surface area contributed by atoms with Crippen molar-refractivity contribution in [2.24, 2.45) is 11.0 Å². The first-order valence-electron chi connectivity index (χ1n) is 10.8. The summed E-state index contributed by atoms with van der Waals surface area (Å²) in [7, 11) is 0. The molecule has 0 bridgehead atoms. The van der Waals surface area contributed by atoms with E-state index in [0.717, 1.165) is 27.7 Å². The van der Waals surface area contributed by atoms with Crippen molar-refractivity contribution in [3.8, 4) is 0 Å². The molecule has 0 spiro atoms. The number of hydrogen-bond donors (Lipinski definition) is 1. The summed E-state index contributed by atoms with van der Waals surface area (Å²) in [6, 6.07) is 13.8. The summed E-state index contributed by atoms with van der Waals surface area (Å²) in [4.78, 5) is 13.3. The van der Waals surface area contributed by atoms with Crippen molar-refractivity contribution in [2.75, 3.05) is 5.01 Å². The summed E-state index contributed by atoms with van der Waals surface area (Å²) in [6.07, 6.45) is 6.93. The van der Waals surface area contributed by atoms with E-state index in [-0.39, 0.29) is 23.9 Å². The molecule has 2 aliphatic rings. The summed E-state index contributed by atoms with van der Waals surface area (Å²) in [5.74, 6) is -0.153. The molecule has 2 atom stereocenters. The van der Waals surface area contributed by atoms with Gasteiger partial charge in [-0.25, -0.2) is 0 Å². The van der Waals surface area contributed by atoms with Crippen molar-refractivity contribution >= 4 is 63.1 Å². The van der Waals surface area contributed by atoms with Crippen LogP contribution in [0.2, 0.25) is 10.0 Å². The predicted octanol–water partition coefficient (Wildman–Crippen LogP) is 6.99. The fourth-order valence-electron chi connectivity index (χ4n) is 4.53. The molecule has 1 amide bonds. The third kappa shape index (κ3) is 5.20. The van der Waals surface area contributed by atoms with Gasteiger partial charge in [-0.3, -0.25) is 9.80 Å². The van der Waals surface area contributed by atoms with Crippen molar-refractivity contribution < 1.29 is 4.79 Å². The molecular formula is C24H26Cl2IN3O. The topological polar surface area (TPSA) is 44.7 Å². The van der Waals surface area contributed by atoms with Gasteiger partial charge in [0.1, 0.15) is 5.71 Å². The van der Waals surface area contributed by atoms with Crippen LogP contribution in [0.1, 0.15) is 57.1 Å². The zero-order chi connectivity index (χ0) is 22.0. The second-order valence-electron chi connectivity index (χ2n) is 8.37. The van der Waals surface area contributed by atoms with E-state index < -0.39 is 0 Å². The lowest BCUT2D eigenvalue weighted by Gasteiger charge is -2.27. The van der Waals surface area contributed by atoms with Gasteiger partial charge in [-0.1, -0.05) is 67.9 Å². The lowest BCUT2D eigenvalue weighted by atomic mass is 9.90. The summed E-state index contributed by atoms with van der Waals surface area (Å²) in [5.41, 5.74) is 2.40. The van der Waals surface area contributed by atoms with Crippen LogP contribution in [0, 0.1) is 9.49 Å². The summed E-state index contributed by atoms with van der Waals surface area (Å²) in [6.45, 7) is 2.07. The number of hydrazone groups is 1. The maximum atomic E-state index is 13.3. The molecule has 164 valence electrons. The SMILES string of the molecule is C[C@@H]1C(C(=O)NC2CCCCCC2)=NN(c2ccc(Cl)cc2Cl)[C@H]1c1ccc(I)cc1. The number of nitrogens with one attached hydrogen (secondary N) is 1. The van der Waals surface area contributed by atoms with E-state index in [1.54, 1.807) is 12.1 Å².